The molecule has 0 fully saturated rings. The quantitative estimate of drug-likeness (QED) is 0.457. The predicted molar refractivity (Wildman–Crippen MR) is 87.5 cm³/mol. The van der Waals surface area contributed by atoms with Crippen LogP contribution in [0.5, 0.6) is 0 Å². The molecule has 0 aliphatic carbocycles. The summed E-state index contributed by atoms with van der Waals surface area (Å²) in [7, 11) is 0. The molecule has 19 heavy (non-hydrogen) atoms. The van der Waals surface area contributed by atoms with Crippen LogP contribution in [0.15, 0.2) is 0 Å². The predicted octanol–water partition coefficient (Wildman–Crippen LogP) is 4.48. The minimum atomic E-state index is 0.538. The van der Waals surface area contributed by atoms with Gasteiger partial charge in [-0.3, -0.25) is 0 Å². The summed E-state index contributed by atoms with van der Waals surface area (Å²) in [5, 5.41) is 3.66. The van der Waals surface area contributed by atoms with E-state index >= 15 is 0 Å². The van der Waals surface area contributed by atoms with Gasteiger partial charge in [0.05, 0.1) is 0 Å². The molecule has 0 radical (unpaired) electrons. The fourth-order valence-corrected chi connectivity index (χ4v) is 2.56. The minimum Gasteiger partial charge on any atom is -0.329 e. The molecular formula is C17H38N2. The van der Waals surface area contributed by atoms with Crippen molar-refractivity contribution in [3.05, 3.63) is 0 Å². The highest BCUT2D eigenvalue weighted by molar-refractivity contribution is 4.70. The molecule has 2 heteroatoms. The summed E-state index contributed by atoms with van der Waals surface area (Å²) < 4.78 is 0. The number of nitrogens with one attached hydrogen (secondary N) is 1. The van der Waals surface area contributed by atoms with E-state index in [9.17, 15) is 0 Å². The van der Waals surface area contributed by atoms with E-state index in [4.69, 9.17) is 5.73 Å². The van der Waals surface area contributed by atoms with Gasteiger partial charge in [0.2, 0.25) is 0 Å². The normalized spacial score (nSPS) is 13.1. The minimum absolute atomic E-state index is 0.538. The number of hydrogen-bond acceptors (Lipinski definition) is 2. The molecule has 0 aromatic carbocycles. The van der Waals surface area contributed by atoms with Crippen molar-refractivity contribution < 1.29 is 0 Å². The Morgan fingerprint density at radius 2 is 1.42 bits per heavy atom. The summed E-state index contributed by atoms with van der Waals surface area (Å²) in [5.41, 5.74) is 5.86. The molecule has 0 heterocycles. The summed E-state index contributed by atoms with van der Waals surface area (Å²) in [6.45, 7) is 8.77. The van der Waals surface area contributed by atoms with Crippen molar-refractivity contribution in [1.29, 1.82) is 0 Å². The summed E-state index contributed by atoms with van der Waals surface area (Å²) in [6, 6.07) is 0.538. The van der Waals surface area contributed by atoms with Crippen molar-refractivity contribution >= 4 is 0 Å². The van der Waals surface area contributed by atoms with Crippen LogP contribution in [0.3, 0.4) is 0 Å². The summed E-state index contributed by atoms with van der Waals surface area (Å²) >= 11 is 0. The fraction of sp³-hybridized carbons (Fsp3) is 1.00. The molecule has 0 saturated carbocycles. The molecule has 1 unspecified atom stereocenters. The first-order valence-corrected chi connectivity index (χ1v) is 8.71. The Morgan fingerprint density at radius 3 is 1.95 bits per heavy atom. The second-order valence-corrected chi connectivity index (χ2v) is 5.93. The number of hydrogen-bond donors (Lipinski definition) is 2. The van der Waals surface area contributed by atoms with Crippen LogP contribution in [-0.4, -0.2) is 19.1 Å². The molecular weight excluding hydrogens is 232 g/mol. The maximum Gasteiger partial charge on any atom is 0.0190 e. The maximum atomic E-state index is 5.86. The summed E-state index contributed by atoms with van der Waals surface area (Å²) in [5.74, 6) is 0.822. The average molecular weight is 271 g/mol. The van der Waals surface area contributed by atoms with Gasteiger partial charge in [-0.15, -0.1) is 0 Å². The van der Waals surface area contributed by atoms with E-state index in [-0.39, 0.29) is 0 Å². The van der Waals surface area contributed by atoms with Crippen LogP contribution >= 0.6 is 0 Å². The first kappa shape index (κ1) is 18.9. The summed E-state index contributed by atoms with van der Waals surface area (Å²) in [4.78, 5) is 0. The topological polar surface area (TPSA) is 38.0 Å². The van der Waals surface area contributed by atoms with E-state index in [1.807, 2.05) is 0 Å². The van der Waals surface area contributed by atoms with Crippen molar-refractivity contribution in [2.45, 2.75) is 91.0 Å². The van der Waals surface area contributed by atoms with Crippen molar-refractivity contribution in [1.82, 2.24) is 5.32 Å². The number of nitrogens with two attached hydrogens (primary N) is 1. The van der Waals surface area contributed by atoms with E-state index in [2.05, 4.69) is 26.1 Å². The van der Waals surface area contributed by atoms with Gasteiger partial charge < -0.3 is 11.1 Å². The smallest absolute Gasteiger partial charge is 0.0190 e. The Kier molecular flexibility index (Phi) is 14.3. The Bertz CT molecular complexity index is 167. The second kappa shape index (κ2) is 14.3. The van der Waals surface area contributed by atoms with E-state index in [1.165, 1.54) is 64.2 Å². The lowest BCUT2D eigenvalue weighted by molar-refractivity contribution is 0.389. The molecule has 0 spiro atoms. The SMILES string of the molecule is CCCCCCCCCC(CN)NCC(CC)CC. The van der Waals surface area contributed by atoms with Crippen LogP contribution < -0.4 is 11.1 Å². The number of rotatable bonds is 14. The Morgan fingerprint density at radius 1 is 0.842 bits per heavy atom. The molecule has 0 amide bonds. The van der Waals surface area contributed by atoms with Gasteiger partial charge in [0.25, 0.3) is 0 Å². The highest BCUT2D eigenvalue weighted by Gasteiger charge is 2.08. The molecule has 0 saturated heterocycles. The lowest BCUT2D eigenvalue weighted by Crippen LogP contribution is -2.38. The maximum absolute atomic E-state index is 5.86. The van der Waals surface area contributed by atoms with Gasteiger partial charge in [-0.25, -0.2) is 0 Å². The van der Waals surface area contributed by atoms with Crippen LogP contribution in [0.2, 0.25) is 0 Å². The second-order valence-electron chi connectivity index (χ2n) is 5.93. The first-order chi connectivity index (χ1) is 9.28. The fourth-order valence-electron chi connectivity index (χ4n) is 2.56. The molecule has 0 aromatic heterocycles. The van der Waals surface area contributed by atoms with Crippen LogP contribution in [-0.2, 0) is 0 Å². The highest BCUT2D eigenvalue weighted by atomic mass is 14.9. The zero-order valence-corrected chi connectivity index (χ0v) is 13.7. The molecule has 0 bridgehead atoms. The van der Waals surface area contributed by atoms with Gasteiger partial charge in [0.1, 0.15) is 0 Å². The third kappa shape index (κ3) is 11.4. The van der Waals surface area contributed by atoms with Gasteiger partial charge in [0.15, 0.2) is 0 Å². The standard InChI is InChI=1S/C17H38N2/c1-4-7-8-9-10-11-12-13-17(14-18)19-15-16(5-2)6-3/h16-17,19H,4-15,18H2,1-3H3. The van der Waals surface area contributed by atoms with Crippen LogP contribution in [0, 0.1) is 5.92 Å². The van der Waals surface area contributed by atoms with Gasteiger partial charge in [0, 0.05) is 12.6 Å². The van der Waals surface area contributed by atoms with Crippen molar-refractivity contribution in [3.8, 4) is 0 Å². The van der Waals surface area contributed by atoms with Crippen LogP contribution in [0.1, 0.15) is 85.0 Å². The average Bonchev–Trinajstić information content (AvgIpc) is 2.45. The van der Waals surface area contributed by atoms with Crippen LogP contribution in [0.25, 0.3) is 0 Å². The van der Waals surface area contributed by atoms with E-state index < -0.39 is 0 Å². The zero-order chi connectivity index (χ0) is 14.3. The van der Waals surface area contributed by atoms with E-state index in [1.54, 1.807) is 0 Å². The van der Waals surface area contributed by atoms with Crippen molar-refractivity contribution in [3.63, 3.8) is 0 Å². The van der Waals surface area contributed by atoms with E-state index in [0.717, 1.165) is 19.0 Å². The molecule has 0 rings (SSSR count). The van der Waals surface area contributed by atoms with Crippen molar-refractivity contribution in [2.24, 2.45) is 11.7 Å². The zero-order valence-electron chi connectivity index (χ0n) is 13.7. The molecule has 0 aliphatic heterocycles. The third-order valence-electron chi connectivity index (χ3n) is 4.29. The van der Waals surface area contributed by atoms with E-state index in [0.29, 0.717) is 6.04 Å². The van der Waals surface area contributed by atoms with Crippen molar-refractivity contribution in [2.75, 3.05) is 13.1 Å². The summed E-state index contributed by atoms with van der Waals surface area (Å²) in [6.07, 6.45) is 13.5. The van der Waals surface area contributed by atoms with Gasteiger partial charge in [-0.2, -0.15) is 0 Å². The molecule has 2 nitrogen and oxygen atoms in total. The molecule has 0 aromatic rings. The molecule has 1 atom stereocenters. The van der Waals surface area contributed by atoms with Crippen LogP contribution in [0.4, 0.5) is 0 Å². The lowest BCUT2D eigenvalue weighted by atomic mass is 10.0. The van der Waals surface area contributed by atoms with Gasteiger partial charge in [-0.1, -0.05) is 78.6 Å². The first-order valence-electron chi connectivity index (χ1n) is 8.71. The monoisotopic (exact) mass is 270 g/mol. The lowest BCUT2D eigenvalue weighted by Gasteiger charge is -2.20. The number of unbranched alkanes of at least 4 members (excludes halogenated alkanes) is 6. The largest absolute Gasteiger partial charge is 0.329 e. The Labute approximate surface area is 121 Å². The Hall–Kier alpha value is -0.0800. The molecule has 0 aliphatic rings. The third-order valence-corrected chi connectivity index (χ3v) is 4.29. The molecule has 3 N–H and O–H groups in total. The Balaban J connectivity index is 3.48. The van der Waals surface area contributed by atoms with Gasteiger partial charge >= 0.3 is 0 Å². The van der Waals surface area contributed by atoms with Gasteiger partial charge in [-0.05, 0) is 18.9 Å². The molecule has 116 valence electrons. The highest BCUT2D eigenvalue weighted by Crippen LogP contribution is 2.10.